The van der Waals surface area contributed by atoms with Gasteiger partial charge in [0.1, 0.15) is 5.75 Å². The number of rotatable bonds is 5. The highest BCUT2D eigenvalue weighted by Gasteiger charge is 2.42. The van der Waals surface area contributed by atoms with E-state index in [1.165, 1.54) is 23.6 Å². The number of hydrogen-bond acceptors (Lipinski definition) is 4. The van der Waals surface area contributed by atoms with Crippen LogP contribution in [0.3, 0.4) is 0 Å². The summed E-state index contributed by atoms with van der Waals surface area (Å²) in [7, 11) is 1.69. The summed E-state index contributed by atoms with van der Waals surface area (Å²) in [5, 5.41) is 15.2. The quantitative estimate of drug-likeness (QED) is 0.342. The zero-order valence-corrected chi connectivity index (χ0v) is 21.2. The number of benzene rings is 3. The SMILES string of the molecule is CC[C@H]1CN2CC[C@H]1CC2[C@H](O)c1cc(-c2ccc3ccccc3c2)nc2ccc(OC)cc12.Cl. The van der Waals surface area contributed by atoms with E-state index in [1.54, 1.807) is 7.11 Å². The number of aromatic nitrogens is 1. The summed E-state index contributed by atoms with van der Waals surface area (Å²) in [5.74, 6) is 2.27. The molecular formula is C30H33ClN2O2. The maximum Gasteiger partial charge on any atom is 0.119 e. The molecule has 4 aromatic rings. The largest absolute Gasteiger partial charge is 0.497 e. The van der Waals surface area contributed by atoms with Crippen LogP contribution >= 0.6 is 12.4 Å². The molecule has 7 rings (SSSR count). The summed E-state index contributed by atoms with van der Waals surface area (Å²) < 4.78 is 5.52. The first-order valence-corrected chi connectivity index (χ1v) is 12.5. The van der Waals surface area contributed by atoms with Crippen molar-refractivity contribution in [3.8, 4) is 17.0 Å². The Labute approximate surface area is 213 Å². The highest BCUT2D eigenvalue weighted by molar-refractivity contribution is 5.90. The Morgan fingerprint density at radius 2 is 1.89 bits per heavy atom. The lowest BCUT2D eigenvalue weighted by molar-refractivity contribution is -0.0562. The van der Waals surface area contributed by atoms with Gasteiger partial charge in [-0.05, 0) is 77.9 Å². The zero-order valence-electron chi connectivity index (χ0n) is 20.4. The van der Waals surface area contributed by atoms with Crippen molar-refractivity contribution in [1.82, 2.24) is 9.88 Å². The van der Waals surface area contributed by atoms with Crippen LogP contribution in [-0.2, 0) is 0 Å². The topological polar surface area (TPSA) is 45.6 Å². The number of methoxy groups -OCH3 is 1. The van der Waals surface area contributed by atoms with E-state index in [9.17, 15) is 5.11 Å². The number of halogens is 1. The van der Waals surface area contributed by atoms with Crippen LogP contribution in [0.25, 0.3) is 32.9 Å². The molecule has 1 N–H and O–H groups in total. The van der Waals surface area contributed by atoms with Crippen molar-refractivity contribution in [2.45, 2.75) is 38.3 Å². The zero-order chi connectivity index (χ0) is 23.2. The van der Waals surface area contributed by atoms with Crippen molar-refractivity contribution in [2.75, 3.05) is 20.2 Å². The average Bonchev–Trinajstić information content (AvgIpc) is 2.91. The molecule has 3 aliphatic heterocycles. The number of aliphatic hydroxyl groups is 1. The second kappa shape index (κ2) is 9.77. The molecule has 0 spiro atoms. The Bertz CT molecular complexity index is 1360. The average molecular weight is 489 g/mol. The van der Waals surface area contributed by atoms with Crippen LogP contribution in [0.1, 0.15) is 37.9 Å². The maximum atomic E-state index is 11.8. The summed E-state index contributed by atoms with van der Waals surface area (Å²) in [6.07, 6.45) is 3.00. The first kappa shape index (κ1) is 24.1. The van der Waals surface area contributed by atoms with Crippen molar-refractivity contribution < 1.29 is 9.84 Å². The third-order valence-electron chi connectivity index (χ3n) is 8.24. The van der Waals surface area contributed by atoms with Crippen molar-refractivity contribution >= 4 is 34.1 Å². The van der Waals surface area contributed by atoms with Gasteiger partial charge in [0.15, 0.2) is 0 Å². The van der Waals surface area contributed by atoms with Crippen molar-refractivity contribution in [3.05, 3.63) is 72.3 Å². The van der Waals surface area contributed by atoms with Crippen molar-refractivity contribution in [3.63, 3.8) is 0 Å². The molecule has 0 radical (unpaired) electrons. The normalized spacial score (nSPS) is 24.3. The molecule has 5 heteroatoms. The van der Waals surface area contributed by atoms with Crippen molar-refractivity contribution in [1.29, 1.82) is 0 Å². The fourth-order valence-electron chi connectivity index (χ4n) is 6.28. The molecule has 0 amide bonds. The molecule has 0 saturated carbocycles. The molecule has 182 valence electrons. The molecule has 2 unspecified atom stereocenters. The smallest absolute Gasteiger partial charge is 0.119 e. The predicted octanol–water partition coefficient (Wildman–Crippen LogP) is 6.64. The van der Waals surface area contributed by atoms with Gasteiger partial charge in [0.25, 0.3) is 0 Å². The van der Waals surface area contributed by atoms with Gasteiger partial charge in [0, 0.05) is 23.5 Å². The van der Waals surface area contributed by atoms with E-state index < -0.39 is 6.10 Å². The van der Waals surface area contributed by atoms with Crippen LogP contribution in [0.15, 0.2) is 66.7 Å². The number of piperidine rings is 3. The molecule has 5 atom stereocenters. The molecule has 4 heterocycles. The summed E-state index contributed by atoms with van der Waals surface area (Å²) >= 11 is 0. The van der Waals surface area contributed by atoms with Gasteiger partial charge in [-0.25, -0.2) is 4.98 Å². The van der Waals surface area contributed by atoms with Gasteiger partial charge < -0.3 is 9.84 Å². The number of ether oxygens (including phenoxy) is 1. The highest BCUT2D eigenvalue weighted by atomic mass is 35.5. The van der Waals surface area contributed by atoms with E-state index in [-0.39, 0.29) is 18.4 Å². The minimum Gasteiger partial charge on any atom is -0.497 e. The Balaban J connectivity index is 0.00000253. The minimum atomic E-state index is -0.558. The number of fused-ring (bicyclic) bond motifs is 5. The summed E-state index contributed by atoms with van der Waals surface area (Å²) in [4.78, 5) is 7.54. The Kier molecular flexibility index (Phi) is 6.71. The maximum absolute atomic E-state index is 11.8. The van der Waals surface area contributed by atoms with Crippen LogP contribution in [0.4, 0.5) is 0 Å². The van der Waals surface area contributed by atoms with E-state index >= 15 is 0 Å². The van der Waals surface area contributed by atoms with Crippen LogP contribution < -0.4 is 4.74 Å². The molecular weight excluding hydrogens is 456 g/mol. The highest BCUT2D eigenvalue weighted by Crippen LogP contribution is 2.43. The fraction of sp³-hybridized carbons (Fsp3) is 0.367. The van der Waals surface area contributed by atoms with Gasteiger partial charge in [-0.1, -0.05) is 49.7 Å². The van der Waals surface area contributed by atoms with Crippen LogP contribution in [-0.4, -0.2) is 41.2 Å². The Morgan fingerprint density at radius 3 is 2.63 bits per heavy atom. The lowest BCUT2D eigenvalue weighted by Gasteiger charge is -2.51. The van der Waals surface area contributed by atoms with E-state index in [4.69, 9.17) is 9.72 Å². The number of hydrogen-bond donors (Lipinski definition) is 1. The minimum absolute atomic E-state index is 0. The van der Waals surface area contributed by atoms with E-state index in [1.807, 2.05) is 18.2 Å². The molecule has 1 aromatic heterocycles. The van der Waals surface area contributed by atoms with Gasteiger partial charge in [0.05, 0.1) is 24.4 Å². The second-order valence-corrected chi connectivity index (χ2v) is 10.0. The Morgan fingerprint density at radius 1 is 1.06 bits per heavy atom. The molecule has 3 fully saturated rings. The first-order valence-electron chi connectivity index (χ1n) is 12.5. The van der Waals surface area contributed by atoms with Gasteiger partial charge in [-0.15, -0.1) is 12.4 Å². The van der Waals surface area contributed by atoms with Crippen molar-refractivity contribution in [2.24, 2.45) is 11.8 Å². The lowest BCUT2D eigenvalue weighted by Crippen LogP contribution is -2.55. The van der Waals surface area contributed by atoms with Gasteiger partial charge in [-0.3, -0.25) is 4.90 Å². The molecule has 4 nitrogen and oxygen atoms in total. The third kappa shape index (κ3) is 4.29. The first-order chi connectivity index (χ1) is 16.6. The van der Waals surface area contributed by atoms with E-state index in [2.05, 4.69) is 60.4 Å². The predicted molar refractivity (Wildman–Crippen MR) is 145 cm³/mol. The molecule has 35 heavy (non-hydrogen) atoms. The van der Waals surface area contributed by atoms with Gasteiger partial charge in [0.2, 0.25) is 0 Å². The van der Waals surface area contributed by atoms with E-state index in [0.29, 0.717) is 0 Å². The third-order valence-corrected chi connectivity index (χ3v) is 8.24. The molecule has 0 aliphatic carbocycles. The number of nitrogens with zero attached hydrogens (tertiary/aromatic N) is 2. The molecule has 2 bridgehead atoms. The van der Waals surface area contributed by atoms with E-state index in [0.717, 1.165) is 64.8 Å². The molecule has 3 aromatic carbocycles. The van der Waals surface area contributed by atoms with Crippen LogP contribution in [0.5, 0.6) is 5.75 Å². The lowest BCUT2D eigenvalue weighted by atomic mass is 9.72. The van der Waals surface area contributed by atoms with Gasteiger partial charge >= 0.3 is 0 Å². The summed E-state index contributed by atoms with van der Waals surface area (Å²) in [6, 6.07) is 23.1. The molecule has 3 saturated heterocycles. The number of aliphatic hydroxyl groups excluding tert-OH is 1. The second-order valence-electron chi connectivity index (χ2n) is 10.0. The summed E-state index contributed by atoms with van der Waals surface area (Å²) in [6.45, 7) is 4.50. The van der Waals surface area contributed by atoms with Gasteiger partial charge in [-0.2, -0.15) is 0 Å². The summed E-state index contributed by atoms with van der Waals surface area (Å²) in [5.41, 5.74) is 3.82. The van der Waals surface area contributed by atoms with Crippen LogP contribution in [0.2, 0.25) is 0 Å². The molecule has 3 aliphatic rings. The standard InChI is InChI=1S/C30H32N2O2.ClH/c1-3-19-18-32-13-12-22(19)15-29(32)30(33)26-17-28(31-27-11-10-24(34-2)16-25(26)27)23-9-8-20-6-4-5-7-21(20)14-23;/h4-11,14,16-17,19,22,29-30,33H,3,12-13,15,18H2,1-2H3;1H/t19-,22-,29?,30+;/m0./s1. The Hall–Kier alpha value is -2.66. The fourth-order valence-corrected chi connectivity index (χ4v) is 6.28. The number of pyridine rings is 1. The van der Waals surface area contributed by atoms with Crippen LogP contribution in [0, 0.1) is 11.8 Å². The monoisotopic (exact) mass is 488 g/mol.